The molecule has 2 aromatic rings. The highest BCUT2D eigenvalue weighted by molar-refractivity contribution is 5.75. The van der Waals surface area contributed by atoms with Crippen molar-refractivity contribution in [1.82, 2.24) is 4.98 Å². The average molecular weight is 199 g/mol. The monoisotopic (exact) mass is 199 g/mol. The zero-order valence-electron chi connectivity index (χ0n) is 7.96. The van der Waals surface area contributed by atoms with E-state index in [1.165, 1.54) is 0 Å². The van der Waals surface area contributed by atoms with Gasteiger partial charge in [0.15, 0.2) is 0 Å². The van der Waals surface area contributed by atoms with Crippen LogP contribution >= 0.6 is 0 Å². The van der Waals surface area contributed by atoms with Crippen LogP contribution in [-0.4, -0.2) is 11.3 Å². The lowest BCUT2D eigenvalue weighted by Gasteiger charge is -2.04. The minimum atomic E-state index is 0.594. The van der Waals surface area contributed by atoms with Gasteiger partial charge in [0.25, 0.3) is 0 Å². The Kier molecular flexibility index (Phi) is 2.74. The lowest BCUT2D eigenvalue weighted by molar-refractivity contribution is 0.112. The number of rotatable bonds is 3. The molecule has 0 amide bonds. The van der Waals surface area contributed by atoms with Gasteiger partial charge in [-0.25, -0.2) is 0 Å². The smallest absolute Gasteiger partial charge is 0.150 e. The maximum absolute atomic E-state index is 10.5. The fraction of sp³-hybridized carbons (Fsp3) is 0. The van der Waals surface area contributed by atoms with Crippen molar-refractivity contribution >= 4 is 6.29 Å². The summed E-state index contributed by atoms with van der Waals surface area (Å²) < 4.78 is 5.50. The summed E-state index contributed by atoms with van der Waals surface area (Å²) in [5.74, 6) is 1.29. The predicted octanol–water partition coefficient (Wildman–Crippen LogP) is 2.69. The Hall–Kier alpha value is -2.16. The molecule has 74 valence electrons. The fourth-order valence-corrected chi connectivity index (χ4v) is 1.19. The van der Waals surface area contributed by atoms with Gasteiger partial charge in [0.1, 0.15) is 17.8 Å². The molecule has 0 aliphatic heterocycles. The molecule has 0 unspecified atom stereocenters. The zero-order valence-corrected chi connectivity index (χ0v) is 7.96. The Morgan fingerprint density at radius 2 is 2.00 bits per heavy atom. The Morgan fingerprint density at radius 1 is 1.13 bits per heavy atom. The van der Waals surface area contributed by atoms with Crippen LogP contribution < -0.4 is 4.74 Å². The number of carbonyl (C=O) groups excluding carboxylic acids is 1. The van der Waals surface area contributed by atoms with Crippen LogP contribution in [-0.2, 0) is 0 Å². The summed E-state index contributed by atoms with van der Waals surface area (Å²) in [6.45, 7) is 0. The van der Waals surface area contributed by atoms with Crippen LogP contribution in [0.1, 0.15) is 10.4 Å². The van der Waals surface area contributed by atoms with Gasteiger partial charge in [-0.15, -0.1) is 0 Å². The van der Waals surface area contributed by atoms with E-state index < -0.39 is 0 Å². The number of nitrogens with zero attached hydrogens (tertiary/aromatic N) is 1. The van der Waals surface area contributed by atoms with Crippen molar-refractivity contribution < 1.29 is 9.53 Å². The van der Waals surface area contributed by atoms with Gasteiger partial charge < -0.3 is 4.74 Å². The summed E-state index contributed by atoms with van der Waals surface area (Å²) in [5, 5.41) is 0. The van der Waals surface area contributed by atoms with Gasteiger partial charge in [-0.05, 0) is 24.3 Å². The quantitative estimate of drug-likeness (QED) is 0.713. The van der Waals surface area contributed by atoms with E-state index in [2.05, 4.69) is 4.98 Å². The van der Waals surface area contributed by atoms with Gasteiger partial charge in [0, 0.05) is 11.8 Å². The van der Waals surface area contributed by atoms with Crippen molar-refractivity contribution in [2.24, 2.45) is 0 Å². The summed E-state index contributed by atoms with van der Waals surface area (Å²) in [4.78, 5) is 14.5. The number of ether oxygens (including phenoxy) is 1. The van der Waals surface area contributed by atoms with Gasteiger partial charge in [-0.3, -0.25) is 9.78 Å². The number of benzene rings is 1. The summed E-state index contributed by atoms with van der Waals surface area (Å²) in [5.41, 5.74) is 0.594. The first-order valence-electron chi connectivity index (χ1n) is 4.51. The van der Waals surface area contributed by atoms with E-state index in [4.69, 9.17) is 4.74 Å². The number of hydrogen-bond acceptors (Lipinski definition) is 3. The molecule has 0 saturated heterocycles. The molecule has 0 aliphatic rings. The van der Waals surface area contributed by atoms with Crippen molar-refractivity contribution in [3.8, 4) is 11.5 Å². The molecule has 1 aromatic carbocycles. The summed E-state index contributed by atoms with van der Waals surface area (Å²) in [7, 11) is 0. The second-order valence-corrected chi connectivity index (χ2v) is 2.98. The first-order valence-corrected chi connectivity index (χ1v) is 4.51. The normalized spacial score (nSPS) is 9.60. The SMILES string of the molecule is O=Cc1cccc(Oc2cccnc2)c1. The van der Waals surface area contributed by atoms with E-state index in [1.54, 1.807) is 48.8 Å². The molecule has 0 fully saturated rings. The number of aromatic nitrogens is 1. The van der Waals surface area contributed by atoms with Crippen molar-refractivity contribution in [1.29, 1.82) is 0 Å². The van der Waals surface area contributed by atoms with E-state index in [9.17, 15) is 4.79 Å². The van der Waals surface area contributed by atoms with Gasteiger partial charge >= 0.3 is 0 Å². The van der Waals surface area contributed by atoms with Crippen LogP contribution in [0, 0.1) is 0 Å². The van der Waals surface area contributed by atoms with Crippen LogP contribution in [0.4, 0.5) is 0 Å². The topological polar surface area (TPSA) is 39.2 Å². The molecule has 2 rings (SSSR count). The van der Waals surface area contributed by atoms with Crippen molar-refractivity contribution in [2.45, 2.75) is 0 Å². The Balaban J connectivity index is 2.21. The molecule has 0 aliphatic carbocycles. The Morgan fingerprint density at radius 3 is 2.73 bits per heavy atom. The molecule has 15 heavy (non-hydrogen) atoms. The third-order valence-corrected chi connectivity index (χ3v) is 1.86. The summed E-state index contributed by atoms with van der Waals surface area (Å²) >= 11 is 0. The first-order chi connectivity index (χ1) is 7.38. The highest BCUT2D eigenvalue weighted by Crippen LogP contribution is 2.20. The van der Waals surface area contributed by atoms with Crippen LogP contribution in [0.2, 0.25) is 0 Å². The highest BCUT2D eigenvalue weighted by atomic mass is 16.5. The number of carbonyl (C=O) groups is 1. The van der Waals surface area contributed by atoms with Crippen molar-refractivity contribution in [3.05, 3.63) is 54.4 Å². The molecule has 1 aromatic heterocycles. The van der Waals surface area contributed by atoms with Crippen LogP contribution in [0.25, 0.3) is 0 Å². The standard InChI is InChI=1S/C12H9NO2/c14-9-10-3-1-4-11(7-10)15-12-5-2-6-13-8-12/h1-9H. The Labute approximate surface area is 87.3 Å². The predicted molar refractivity (Wildman–Crippen MR) is 56.1 cm³/mol. The minimum Gasteiger partial charge on any atom is -0.456 e. The molecule has 0 radical (unpaired) electrons. The largest absolute Gasteiger partial charge is 0.456 e. The second-order valence-electron chi connectivity index (χ2n) is 2.98. The molecule has 0 saturated carbocycles. The van der Waals surface area contributed by atoms with Gasteiger partial charge in [0.2, 0.25) is 0 Å². The molecule has 3 heteroatoms. The second kappa shape index (κ2) is 4.37. The third-order valence-electron chi connectivity index (χ3n) is 1.86. The van der Waals surface area contributed by atoms with Crippen LogP contribution in [0.15, 0.2) is 48.8 Å². The van der Waals surface area contributed by atoms with Crippen LogP contribution in [0.5, 0.6) is 11.5 Å². The number of pyridine rings is 1. The van der Waals surface area contributed by atoms with Gasteiger partial charge in [-0.2, -0.15) is 0 Å². The zero-order chi connectivity index (χ0) is 10.5. The molecular formula is C12H9NO2. The minimum absolute atomic E-state index is 0.594. The van der Waals surface area contributed by atoms with E-state index in [0.29, 0.717) is 17.1 Å². The van der Waals surface area contributed by atoms with E-state index >= 15 is 0 Å². The van der Waals surface area contributed by atoms with E-state index in [0.717, 1.165) is 6.29 Å². The maximum Gasteiger partial charge on any atom is 0.150 e. The van der Waals surface area contributed by atoms with E-state index in [-0.39, 0.29) is 0 Å². The fourth-order valence-electron chi connectivity index (χ4n) is 1.19. The number of aldehydes is 1. The maximum atomic E-state index is 10.5. The molecule has 0 spiro atoms. The molecule has 3 nitrogen and oxygen atoms in total. The van der Waals surface area contributed by atoms with Crippen molar-refractivity contribution in [3.63, 3.8) is 0 Å². The lowest BCUT2D eigenvalue weighted by atomic mass is 10.2. The molecular weight excluding hydrogens is 190 g/mol. The molecule has 0 N–H and O–H groups in total. The highest BCUT2D eigenvalue weighted by Gasteiger charge is 1.97. The lowest BCUT2D eigenvalue weighted by Crippen LogP contribution is -1.86. The van der Waals surface area contributed by atoms with Crippen LogP contribution in [0.3, 0.4) is 0 Å². The van der Waals surface area contributed by atoms with Gasteiger partial charge in [0.05, 0.1) is 6.20 Å². The molecule has 1 heterocycles. The summed E-state index contributed by atoms with van der Waals surface area (Å²) in [6.07, 6.45) is 4.08. The Bertz CT molecular complexity index is 454. The number of hydrogen-bond donors (Lipinski definition) is 0. The van der Waals surface area contributed by atoms with Gasteiger partial charge in [-0.1, -0.05) is 12.1 Å². The molecule has 0 atom stereocenters. The van der Waals surface area contributed by atoms with E-state index in [1.807, 2.05) is 0 Å². The average Bonchev–Trinajstić information content (AvgIpc) is 2.31. The van der Waals surface area contributed by atoms with Crippen molar-refractivity contribution in [2.75, 3.05) is 0 Å². The first kappa shape index (κ1) is 9.40. The summed E-state index contributed by atoms with van der Waals surface area (Å²) in [6, 6.07) is 10.6. The third kappa shape index (κ3) is 2.40. The molecule has 0 bridgehead atoms.